The fourth-order valence-electron chi connectivity index (χ4n) is 3.56. The third kappa shape index (κ3) is 2.10. The Morgan fingerprint density at radius 3 is 2.80 bits per heavy atom. The fourth-order valence-corrected chi connectivity index (χ4v) is 3.56. The molecular weight excluding hydrogens is 248 g/mol. The van der Waals surface area contributed by atoms with Gasteiger partial charge in [-0.05, 0) is 68.8 Å². The van der Waals surface area contributed by atoms with Gasteiger partial charge in [-0.1, -0.05) is 0 Å². The van der Waals surface area contributed by atoms with Crippen LogP contribution >= 0.6 is 0 Å². The Bertz CT molecular complexity index is 628. The van der Waals surface area contributed by atoms with Crippen molar-refractivity contribution in [1.29, 1.82) is 0 Å². The van der Waals surface area contributed by atoms with Gasteiger partial charge in [0.05, 0.1) is 12.6 Å². The van der Waals surface area contributed by atoms with E-state index in [9.17, 15) is 0 Å². The van der Waals surface area contributed by atoms with Crippen molar-refractivity contribution in [3.05, 3.63) is 29.0 Å². The monoisotopic (exact) mass is 272 g/mol. The normalized spacial score (nSPS) is 14.6. The molecule has 2 aromatic rings. The maximum Gasteiger partial charge on any atom is 0.119 e. The van der Waals surface area contributed by atoms with E-state index in [1.807, 2.05) is 0 Å². The summed E-state index contributed by atoms with van der Waals surface area (Å²) in [4.78, 5) is 0. The lowest BCUT2D eigenvalue weighted by atomic mass is 9.95. The van der Waals surface area contributed by atoms with Crippen LogP contribution in [0.3, 0.4) is 0 Å². The number of fused-ring (bicyclic) bond motifs is 3. The fraction of sp³-hybridized carbons (Fsp3) is 0.529. The summed E-state index contributed by atoms with van der Waals surface area (Å²) in [6.45, 7) is 3.98. The van der Waals surface area contributed by atoms with Crippen molar-refractivity contribution in [3.63, 3.8) is 0 Å². The van der Waals surface area contributed by atoms with Crippen LogP contribution in [0.1, 0.15) is 36.1 Å². The summed E-state index contributed by atoms with van der Waals surface area (Å²) in [6.07, 6.45) is 6.06. The van der Waals surface area contributed by atoms with Crippen molar-refractivity contribution in [2.24, 2.45) is 5.73 Å². The Labute approximate surface area is 120 Å². The molecule has 0 fully saturated rings. The molecule has 1 heterocycles. The molecule has 0 aliphatic heterocycles. The highest BCUT2D eigenvalue weighted by Gasteiger charge is 2.21. The molecular formula is C17H24N2O. The minimum Gasteiger partial charge on any atom is -0.497 e. The first-order chi connectivity index (χ1) is 9.76. The maximum atomic E-state index is 5.72. The zero-order chi connectivity index (χ0) is 14.1. The second-order valence-electron chi connectivity index (χ2n) is 5.77. The van der Waals surface area contributed by atoms with Crippen LogP contribution in [0.4, 0.5) is 0 Å². The number of nitrogens with zero attached hydrogens (tertiary/aromatic N) is 1. The van der Waals surface area contributed by atoms with Crippen molar-refractivity contribution in [2.75, 3.05) is 13.7 Å². The predicted molar refractivity (Wildman–Crippen MR) is 83.5 cm³/mol. The molecule has 1 aromatic carbocycles. The first-order valence-electron chi connectivity index (χ1n) is 7.65. The molecule has 20 heavy (non-hydrogen) atoms. The van der Waals surface area contributed by atoms with E-state index in [0.717, 1.165) is 25.3 Å². The van der Waals surface area contributed by atoms with E-state index in [-0.39, 0.29) is 0 Å². The third-order valence-corrected chi connectivity index (χ3v) is 4.46. The Hall–Kier alpha value is -1.48. The molecule has 0 bridgehead atoms. The van der Waals surface area contributed by atoms with Crippen molar-refractivity contribution < 1.29 is 4.74 Å². The van der Waals surface area contributed by atoms with Crippen LogP contribution in [0.25, 0.3) is 10.9 Å². The van der Waals surface area contributed by atoms with Crippen LogP contribution in [0.5, 0.6) is 5.75 Å². The van der Waals surface area contributed by atoms with E-state index in [2.05, 4.69) is 23.6 Å². The van der Waals surface area contributed by atoms with Crippen LogP contribution < -0.4 is 10.5 Å². The smallest absolute Gasteiger partial charge is 0.119 e. The molecule has 0 radical (unpaired) electrons. The lowest BCUT2D eigenvalue weighted by Crippen LogP contribution is -2.11. The number of aromatic nitrogens is 1. The van der Waals surface area contributed by atoms with Gasteiger partial charge in [0.25, 0.3) is 0 Å². The highest BCUT2D eigenvalue weighted by Crippen LogP contribution is 2.36. The number of hydrogen-bond donors (Lipinski definition) is 1. The van der Waals surface area contributed by atoms with Crippen LogP contribution in [0.2, 0.25) is 0 Å². The minimum absolute atomic E-state index is 0.754. The van der Waals surface area contributed by atoms with E-state index in [4.69, 9.17) is 10.5 Å². The van der Waals surface area contributed by atoms with Gasteiger partial charge in [0, 0.05) is 17.6 Å². The molecule has 0 spiro atoms. The average molecular weight is 272 g/mol. The van der Waals surface area contributed by atoms with Gasteiger partial charge in [0.2, 0.25) is 0 Å². The largest absolute Gasteiger partial charge is 0.497 e. The molecule has 3 nitrogen and oxygen atoms in total. The lowest BCUT2D eigenvalue weighted by Gasteiger charge is -2.16. The van der Waals surface area contributed by atoms with Gasteiger partial charge in [-0.15, -0.1) is 0 Å². The summed E-state index contributed by atoms with van der Waals surface area (Å²) in [5.41, 5.74) is 11.5. The summed E-state index contributed by atoms with van der Waals surface area (Å²) in [5.74, 6) is 0.972. The molecule has 0 unspecified atom stereocenters. The molecule has 0 atom stereocenters. The van der Waals surface area contributed by atoms with Crippen LogP contribution in [-0.2, 0) is 19.4 Å². The lowest BCUT2D eigenvalue weighted by molar-refractivity contribution is 0.415. The molecule has 1 aliphatic rings. The highest BCUT2D eigenvalue weighted by atomic mass is 16.5. The average Bonchev–Trinajstić information content (AvgIpc) is 2.80. The number of hydrogen-bond acceptors (Lipinski definition) is 2. The van der Waals surface area contributed by atoms with Gasteiger partial charge < -0.3 is 15.0 Å². The first-order valence-corrected chi connectivity index (χ1v) is 7.65. The van der Waals surface area contributed by atoms with Gasteiger partial charge in [0.15, 0.2) is 0 Å². The third-order valence-electron chi connectivity index (χ3n) is 4.46. The van der Waals surface area contributed by atoms with Crippen molar-refractivity contribution in [3.8, 4) is 5.75 Å². The molecule has 108 valence electrons. The number of rotatable bonds is 4. The van der Waals surface area contributed by atoms with E-state index in [1.54, 1.807) is 12.7 Å². The SMILES string of the molecule is COc1cc(C)c2c(c1)c1c(n2CCCN)CCCC1. The summed E-state index contributed by atoms with van der Waals surface area (Å²) < 4.78 is 7.97. The van der Waals surface area contributed by atoms with Gasteiger partial charge in [0.1, 0.15) is 5.75 Å². The molecule has 0 saturated carbocycles. The number of benzene rings is 1. The van der Waals surface area contributed by atoms with Crippen LogP contribution in [0.15, 0.2) is 12.1 Å². The highest BCUT2D eigenvalue weighted by molar-refractivity contribution is 5.89. The molecule has 2 N–H and O–H groups in total. The molecule has 1 aliphatic carbocycles. The predicted octanol–water partition coefficient (Wildman–Crippen LogP) is 3.19. The van der Waals surface area contributed by atoms with Gasteiger partial charge >= 0.3 is 0 Å². The van der Waals surface area contributed by atoms with Gasteiger partial charge in [-0.2, -0.15) is 0 Å². The molecule has 3 rings (SSSR count). The minimum atomic E-state index is 0.754. The molecule has 0 saturated heterocycles. The Morgan fingerprint density at radius 1 is 1.25 bits per heavy atom. The van der Waals surface area contributed by atoms with E-state index >= 15 is 0 Å². The topological polar surface area (TPSA) is 40.2 Å². The quantitative estimate of drug-likeness (QED) is 0.928. The summed E-state index contributed by atoms with van der Waals surface area (Å²) in [7, 11) is 1.75. The Balaban J connectivity index is 2.24. The van der Waals surface area contributed by atoms with Crippen LogP contribution in [-0.4, -0.2) is 18.2 Å². The van der Waals surface area contributed by atoms with Crippen molar-refractivity contribution in [2.45, 2.75) is 45.6 Å². The Kier molecular flexibility index (Phi) is 3.70. The molecule has 3 heteroatoms. The molecule has 1 aromatic heterocycles. The second-order valence-corrected chi connectivity index (χ2v) is 5.77. The zero-order valence-electron chi connectivity index (χ0n) is 12.5. The zero-order valence-corrected chi connectivity index (χ0v) is 12.5. The maximum absolute atomic E-state index is 5.72. The van der Waals surface area contributed by atoms with Gasteiger partial charge in [-0.3, -0.25) is 0 Å². The van der Waals surface area contributed by atoms with Crippen LogP contribution in [0, 0.1) is 6.92 Å². The van der Waals surface area contributed by atoms with E-state index < -0.39 is 0 Å². The van der Waals surface area contributed by atoms with E-state index in [1.165, 1.54) is 47.8 Å². The number of methoxy groups -OCH3 is 1. The van der Waals surface area contributed by atoms with Gasteiger partial charge in [-0.25, -0.2) is 0 Å². The summed E-state index contributed by atoms with van der Waals surface area (Å²) >= 11 is 0. The van der Waals surface area contributed by atoms with Crippen molar-refractivity contribution >= 4 is 10.9 Å². The number of nitrogens with two attached hydrogens (primary N) is 1. The second kappa shape index (κ2) is 5.49. The first kappa shape index (κ1) is 13.5. The number of ether oxygens (including phenoxy) is 1. The van der Waals surface area contributed by atoms with E-state index in [0.29, 0.717) is 0 Å². The summed E-state index contributed by atoms with van der Waals surface area (Å²) in [6, 6.07) is 4.36. The molecule has 0 amide bonds. The summed E-state index contributed by atoms with van der Waals surface area (Å²) in [5, 5.41) is 1.40. The number of aryl methyl sites for hydroxylation is 3. The Morgan fingerprint density at radius 2 is 2.05 bits per heavy atom. The van der Waals surface area contributed by atoms with Crippen molar-refractivity contribution in [1.82, 2.24) is 4.57 Å². The standard InChI is InChI=1S/C17H24N2O/c1-12-10-13(20-2)11-15-14-6-3-4-7-16(14)19(17(12)15)9-5-8-18/h10-11H,3-9,18H2,1-2H3.